The Labute approximate surface area is 150 Å². The van der Waals surface area contributed by atoms with Crippen molar-refractivity contribution in [3.05, 3.63) is 69.6 Å². The molecule has 0 saturated carbocycles. The van der Waals surface area contributed by atoms with Gasteiger partial charge < -0.3 is 9.94 Å². The van der Waals surface area contributed by atoms with E-state index in [4.69, 9.17) is 11.3 Å². The van der Waals surface area contributed by atoms with Gasteiger partial charge in [-0.1, -0.05) is 53.5 Å². The molecule has 0 spiro atoms. The maximum Gasteiger partial charge on any atom is 0.279 e. The molecule has 0 aliphatic heterocycles. The highest BCUT2D eigenvalue weighted by Gasteiger charge is 2.22. The molecule has 1 N–H and O–H groups in total. The normalized spacial score (nSPS) is 11.3. The molecular weight excluding hydrogens is 330 g/mol. The van der Waals surface area contributed by atoms with Gasteiger partial charge in [0.2, 0.25) is 0 Å². The van der Waals surface area contributed by atoms with Crippen molar-refractivity contribution in [2.24, 2.45) is 12.2 Å². The lowest BCUT2D eigenvalue weighted by atomic mass is 9.96. The summed E-state index contributed by atoms with van der Waals surface area (Å²) in [6.07, 6.45) is 5.22. The quantitative estimate of drug-likeness (QED) is 0.340. The molecule has 0 bridgehead atoms. The zero-order valence-corrected chi connectivity index (χ0v) is 14.4. The Balaban J connectivity index is 2.35. The standard InChI is InChI=1S/C20H17N3O3/c1-4-12-26-22-18(17-19(24)13(2)21-23(3)20(17)25)16-11-7-9-14-8-5-6-10-15(14)16/h1,5-11,24H,12H2,2-3H3/b22-18+. The second-order valence-electron chi connectivity index (χ2n) is 5.68. The van der Waals surface area contributed by atoms with Gasteiger partial charge in [0.1, 0.15) is 17.0 Å². The number of aryl methyl sites for hydroxylation is 2. The minimum atomic E-state index is -0.482. The molecule has 0 atom stereocenters. The molecule has 0 aliphatic rings. The summed E-state index contributed by atoms with van der Waals surface area (Å²) in [6, 6.07) is 13.3. The van der Waals surface area contributed by atoms with E-state index in [1.54, 1.807) is 6.92 Å². The van der Waals surface area contributed by atoms with Crippen LogP contribution in [-0.4, -0.2) is 27.2 Å². The van der Waals surface area contributed by atoms with Gasteiger partial charge in [-0.05, 0) is 17.7 Å². The first kappa shape index (κ1) is 17.2. The van der Waals surface area contributed by atoms with Gasteiger partial charge in [0.25, 0.3) is 5.56 Å². The van der Waals surface area contributed by atoms with Crippen molar-refractivity contribution >= 4 is 16.5 Å². The summed E-state index contributed by atoms with van der Waals surface area (Å²) in [4.78, 5) is 17.9. The molecule has 3 rings (SSSR count). The largest absolute Gasteiger partial charge is 0.505 e. The van der Waals surface area contributed by atoms with Crippen molar-refractivity contribution in [1.29, 1.82) is 0 Å². The van der Waals surface area contributed by atoms with Crippen LogP contribution in [0.5, 0.6) is 5.75 Å². The molecule has 3 aromatic rings. The fraction of sp³-hybridized carbons (Fsp3) is 0.150. The Morgan fingerprint density at radius 3 is 2.81 bits per heavy atom. The van der Waals surface area contributed by atoms with E-state index in [1.165, 1.54) is 7.05 Å². The van der Waals surface area contributed by atoms with Crippen LogP contribution in [0.3, 0.4) is 0 Å². The van der Waals surface area contributed by atoms with E-state index in [-0.39, 0.29) is 23.6 Å². The summed E-state index contributed by atoms with van der Waals surface area (Å²) < 4.78 is 1.16. The molecule has 0 unspecified atom stereocenters. The van der Waals surface area contributed by atoms with Crippen molar-refractivity contribution in [3.8, 4) is 18.1 Å². The number of benzene rings is 2. The van der Waals surface area contributed by atoms with E-state index in [2.05, 4.69) is 16.2 Å². The van der Waals surface area contributed by atoms with Crippen molar-refractivity contribution in [1.82, 2.24) is 9.78 Å². The Bertz CT molecular complexity index is 1100. The number of aromatic nitrogens is 2. The summed E-state index contributed by atoms with van der Waals surface area (Å²) in [5, 5.41) is 20.4. The monoisotopic (exact) mass is 347 g/mol. The van der Waals surface area contributed by atoms with Crippen LogP contribution in [0.4, 0.5) is 0 Å². The number of nitrogens with zero attached hydrogens (tertiary/aromatic N) is 3. The van der Waals surface area contributed by atoms with E-state index >= 15 is 0 Å². The van der Waals surface area contributed by atoms with Gasteiger partial charge >= 0.3 is 0 Å². The van der Waals surface area contributed by atoms with Crippen LogP contribution < -0.4 is 5.56 Å². The third-order valence-corrected chi connectivity index (χ3v) is 3.97. The minimum Gasteiger partial charge on any atom is -0.505 e. The van der Waals surface area contributed by atoms with E-state index in [1.807, 2.05) is 42.5 Å². The van der Waals surface area contributed by atoms with Gasteiger partial charge in [-0.15, -0.1) is 6.42 Å². The van der Waals surface area contributed by atoms with Crippen LogP contribution in [0.25, 0.3) is 10.8 Å². The van der Waals surface area contributed by atoms with Crippen molar-refractivity contribution in [2.75, 3.05) is 6.61 Å². The second-order valence-corrected chi connectivity index (χ2v) is 5.68. The number of terminal acetylenes is 1. The number of fused-ring (bicyclic) bond motifs is 1. The third kappa shape index (κ3) is 3.03. The lowest BCUT2D eigenvalue weighted by Crippen LogP contribution is -2.28. The predicted molar refractivity (Wildman–Crippen MR) is 100 cm³/mol. The molecule has 1 aromatic heterocycles. The highest BCUT2D eigenvalue weighted by atomic mass is 16.6. The number of rotatable bonds is 4. The molecule has 0 radical (unpaired) electrons. The lowest BCUT2D eigenvalue weighted by molar-refractivity contribution is 0.180. The number of oxime groups is 1. The fourth-order valence-corrected chi connectivity index (χ4v) is 2.77. The SMILES string of the molecule is C#CCO/N=C(/c1c(O)c(C)nn(C)c1=O)c1cccc2ccccc12. The number of hydrogen-bond donors (Lipinski definition) is 1. The second kappa shape index (κ2) is 7.11. The first-order valence-corrected chi connectivity index (χ1v) is 7.93. The molecule has 1 heterocycles. The van der Waals surface area contributed by atoms with Gasteiger partial charge in [-0.3, -0.25) is 4.79 Å². The fourth-order valence-electron chi connectivity index (χ4n) is 2.77. The Morgan fingerprint density at radius 1 is 1.31 bits per heavy atom. The Morgan fingerprint density at radius 2 is 2.04 bits per heavy atom. The Hall–Kier alpha value is -3.59. The van der Waals surface area contributed by atoms with Crippen LogP contribution in [0, 0.1) is 19.3 Å². The van der Waals surface area contributed by atoms with Crippen LogP contribution in [0.1, 0.15) is 16.8 Å². The predicted octanol–water partition coefficient (Wildman–Crippen LogP) is 2.35. The molecule has 0 fully saturated rings. The average molecular weight is 347 g/mol. The third-order valence-electron chi connectivity index (χ3n) is 3.97. The van der Waals surface area contributed by atoms with Crippen LogP contribution in [0.15, 0.2) is 52.4 Å². The first-order chi connectivity index (χ1) is 12.5. The van der Waals surface area contributed by atoms with Crippen LogP contribution in [-0.2, 0) is 11.9 Å². The lowest BCUT2D eigenvalue weighted by Gasteiger charge is -2.13. The van der Waals surface area contributed by atoms with Crippen molar-refractivity contribution in [3.63, 3.8) is 0 Å². The van der Waals surface area contributed by atoms with Gasteiger partial charge in [-0.25, -0.2) is 4.68 Å². The summed E-state index contributed by atoms with van der Waals surface area (Å²) in [6.45, 7) is 1.56. The minimum absolute atomic E-state index is 0.0216. The zero-order chi connectivity index (χ0) is 18.7. The number of aromatic hydroxyl groups is 1. The number of hydrogen-bond acceptors (Lipinski definition) is 5. The summed E-state index contributed by atoms with van der Waals surface area (Å²) in [5.74, 6) is 2.10. The van der Waals surface area contributed by atoms with Crippen LogP contribution >= 0.6 is 0 Å². The molecule has 6 nitrogen and oxygen atoms in total. The van der Waals surface area contributed by atoms with Gasteiger partial charge in [-0.2, -0.15) is 5.10 Å². The summed E-state index contributed by atoms with van der Waals surface area (Å²) >= 11 is 0. The molecule has 0 amide bonds. The summed E-state index contributed by atoms with van der Waals surface area (Å²) in [5.41, 5.74) is 0.711. The maximum absolute atomic E-state index is 12.7. The van der Waals surface area contributed by atoms with Gasteiger partial charge in [0, 0.05) is 12.6 Å². The van der Waals surface area contributed by atoms with Crippen LogP contribution in [0.2, 0.25) is 0 Å². The maximum atomic E-state index is 12.7. The molecule has 130 valence electrons. The molecular formula is C20H17N3O3. The average Bonchev–Trinajstić information content (AvgIpc) is 2.65. The topological polar surface area (TPSA) is 76.7 Å². The highest BCUT2D eigenvalue weighted by molar-refractivity contribution is 6.20. The smallest absolute Gasteiger partial charge is 0.279 e. The van der Waals surface area contributed by atoms with Gasteiger partial charge in [0.15, 0.2) is 12.4 Å². The van der Waals surface area contributed by atoms with E-state index < -0.39 is 5.56 Å². The summed E-state index contributed by atoms with van der Waals surface area (Å²) in [7, 11) is 1.52. The van der Waals surface area contributed by atoms with Gasteiger partial charge in [0.05, 0.1) is 0 Å². The van der Waals surface area contributed by atoms with E-state index in [0.29, 0.717) is 11.3 Å². The molecule has 26 heavy (non-hydrogen) atoms. The first-order valence-electron chi connectivity index (χ1n) is 7.93. The molecule has 0 aliphatic carbocycles. The molecule has 2 aromatic carbocycles. The van der Waals surface area contributed by atoms with E-state index in [9.17, 15) is 9.90 Å². The Kier molecular flexibility index (Phi) is 4.72. The zero-order valence-electron chi connectivity index (χ0n) is 14.4. The van der Waals surface area contributed by atoms with Crippen molar-refractivity contribution in [2.45, 2.75) is 6.92 Å². The van der Waals surface area contributed by atoms with Crippen molar-refractivity contribution < 1.29 is 9.94 Å². The van der Waals surface area contributed by atoms with E-state index in [0.717, 1.165) is 15.5 Å². The molecule has 6 heteroatoms. The molecule has 0 saturated heterocycles. The highest BCUT2D eigenvalue weighted by Crippen LogP contribution is 2.25.